The van der Waals surface area contributed by atoms with Crippen LogP contribution in [0.5, 0.6) is 0 Å². The lowest BCUT2D eigenvalue weighted by molar-refractivity contribution is 1.30. The zero-order valence-electron chi connectivity index (χ0n) is 27.8. The normalized spacial score (nSPS) is 11.9. The van der Waals surface area contributed by atoms with Gasteiger partial charge in [-0.05, 0) is 129 Å². The monoisotopic (exact) mass is 645 g/mol. The summed E-state index contributed by atoms with van der Waals surface area (Å²) in [6.45, 7) is 0. The van der Waals surface area contributed by atoms with E-state index >= 15 is 0 Å². The molecule has 0 aliphatic carbocycles. The van der Waals surface area contributed by atoms with E-state index in [1.54, 1.807) is 0 Å². The van der Waals surface area contributed by atoms with Crippen LogP contribution in [-0.4, -0.2) is 0 Å². The summed E-state index contributed by atoms with van der Waals surface area (Å²) in [4.78, 5) is 2.47. The summed E-state index contributed by atoms with van der Waals surface area (Å²) in [5.74, 6) is 0. The molecular formula is C50H31N. The third-order valence-electron chi connectivity index (χ3n) is 10.8. The molecule has 11 aromatic carbocycles. The van der Waals surface area contributed by atoms with Gasteiger partial charge < -0.3 is 4.90 Å². The number of hydrogen-bond acceptors (Lipinski definition) is 1. The highest BCUT2D eigenvalue weighted by Gasteiger charge is 2.20. The maximum atomic E-state index is 2.47. The van der Waals surface area contributed by atoms with E-state index in [1.165, 1.54) is 86.9 Å². The number of nitrogens with zero attached hydrogens (tertiary/aromatic N) is 1. The van der Waals surface area contributed by atoms with Crippen molar-refractivity contribution in [2.45, 2.75) is 0 Å². The van der Waals surface area contributed by atoms with Crippen LogP contribution in [0, 0.1) is 0 Å². The molecule has 11 rings (SSSR count). The summed E-state index contributed by atoms with van der Waals surface area (Å²) in [6.07, 6.45) is 0. The van der Waals surface area contributed by atoms with Crippen molar-refractivity contribution >= 4 is 81.7 Å². The second-order valence-corrected chi connectivity index (χ2v) is 13.8. The molecular weight excluding hydrogens is 615 g/mol. The van der Waals surface area contributed by atoms with Crippen LogP contribution in [0.1, 0.15) is 0 Å². The molecule has 0 amide bonds. The van der Waals surface area contributed by atoms with E-state index in [4.69, 9.17) is 0 Å². The van der Waals surface area contributed by atoms with Gasteiger partial charge in [0.25, 0.3) is 0 Å². The van der Waals surface area contributed by atoms with Crippen molar-refractivity contribution in [1.29, 1.82) is 0 Å². The Bertz CT molecular complexity index is 2740. The van der Waals surface area contributed by atoms with Gasteiger partial charge in [0.15, 0.2) is 0 Å². The summed E-state index contributed by atoms with van der Waals surface area (Å²) in [5.41, 5.74) is 8.16. The molecule has 0 N–H and O–H groups in total. The summed E-state index contributed by atoms with van der Waals surface area (Å²) in [7, 11) is 0. The Morgan fingerprint density at radius 1 is 0.216 bits per heavy atom. The molecule has 0 saturated heterocycles. The molecule has 0 heterocycles. The quantitative estimate of drug-likeness (QED) is 0.168. The van der Waals surface area contributed by atoms with Crippen LogP contribution in [-0.2, 0) is 0 Å². The van der Waals surface area contributed by atoms with E-state index in [1.807, 2.05) is 0 Å². The van der Waals surface area contributed by atoms with E-state index in [-0.39, 0.29) is 0 Å². The molecule has 236 valence electrons. The van der Waals surface area contributed by atoms with Crippen LogP contribution in [0.15, 0.2) is 188 Å². The van der Waals surface area contributed by atoms with Crippen LogP contribution in [0.2, 0.25) is 0 Å². The highest BCUT2D eigenvalue weighted by Crippen LogP contribution is 2.46. The molecule has 0 spiro atoms. The highest BCUT2D eigenvalue weighted by molar-refractivity contribution is 6.25. The Balaban J connectivity index is 1.22. The zero-order valence-corrected chi connectivity index (χ0v) is 27.8. The molecule has 51 heavy (non-hydrogen) atoms. The minimum absolute atomic E-state index is 1.12. The maximum Gasteiger partial charge on any atom is 0.0474 e. The third-order valence-corrected chi connectivity index (χ3v) is 10.8. The van der Waals surface area contributed by atoms with Gasteiger partial charge in [0.05, 0.1) is 0 Å². The first kappa shape index (κ1) is 28.2. The predicted molar refractivity (Wildman–Crippen MR) is 219 cm³/mol. The molecule has 0 fully saturated rings. The van der Waals surface area contributed by atoms with Gasteiger partial charge in [0, 0.05) is 17.1 Å². The fourth-order valence-corrected chi connectivity index (χ4v) is 8.51. The first-order valence-corrected chi connectivity index (χ1v) is 17.7. The maximum absolute atomic E-state index is 2.47. The number of anilines is 3. The van der Waals surface area contributed by atoms with Gasteiger partial charge in [0.2, 0.25) is 0 Å². The van der Waals surface area contributed by atoms with Crippen molar-refractivity contribution in [1.82, 2.24) is 0 Å². The van der Waals surface area contributed by atoms with Crippen molar-refractivity contribution in [3.8, 4) is 22.3 Å². The molecule has 1 heteroatoms. The highest BCUT2D eigenvalue weighted by atomic mass is 15.1. The van der Waals surface area contributed by atoms with Crippen LogP contribution in [0.3, 0.4) is 0 Å². The minimum Gasteiger partial charge on any atom is -0.310 e. The van der Waals surface area contributed by atoms with Crippen LogP contribution < -0.4 is 4.90 Å². The zero-order chi connectivity index (χ0) is 33.5. The SMILES string of the molecule is c1ccc(-c2cc(-c3ccccc3)cc(N(c3cc4ccc5cccc6ccc(c3)c4c56)c3cc4ccc5cccc6ccc(c3)c4c56)c2)cc1. The largest absolute Gasteiger partial charge is 0.310 e. The van der Waals surface area contributed by atoms with Crippen molar-refractivity contribution < 1.29 is 0 Å². The van der Waals surface area contributed by atoms with E-state index < -0.39 is 0 Å². The van der Waals surface area contributed by atoms with Crippen LogP contribution in [0.4, 0.5) is 17.1 Å². The van der Waals surface area contributed by atoms with Crippen LogP contribution in [0.25, 0.3) is 86.9 Å². The van der Waals surface area contributed by atoms with E-state index in [2.05, 4.69) is 193 Å². The molecule has 11 aromatic rings. The average molecular weight is 646 g/mol. The molecule has 0 saturated carbocycles. The van der Waals surface area contributed by atoms with Gasteiger partial charge in [-0.25, -0.2) is 0 Å². The van der Waals surface area contributed by atoms with E-state index in [9.17, 15) is 0 Å². The molecule has 0 aliphatic heterocycles. The smallest absolute Gasteiger partial charge is 0.0474 e. The summed E-state index contributed by atoms with van der Waals surface area (Å²) in [5, 5.41) is 15.5. The molecule has 1 nitrogen and oxygen atoms in total. The van der Waals surface area contributed by atoms with Gasteiger partial charge >= 0.3 is 0 Å². The second-order valence-electron chi connectivity index (χ2n) is 13.8. The van der Waals surface area contributed by atoms with Gasteiger partial charge in [-0.1, -0.05) is 146 Å². The van der Waals surface area contributed by atoms with E-state index in [0.29, 0.717) is 0 Å². The average Bonchev–Trinajstić information content (AvgIpc) is 3.19. The Morgan fingerprint density at radius 3 is 0.902 bits per heavy atom. The van der Waals surface area contributed by atoms with Gasteiger partial charge in [0.1, 0.15) is 0 Å². The lowest BCUT2D eigenvalue weighted by Crippen LogP contribution is -2.11. The predicted octanol–water partition coefficient (Wildman–Crippen LogP) is 14.3. The summed E-state index contributed by atoms with van der Waals surface area (Å²) in [6, 6.07) is 69.6. The Labute approximate surface area is 295 Å². The first-order valence-electron chi connectivity index (χ1n) is 17.7. The molecule has 0 aromatic heterocycles. The Morgan fingerprint density at radius 2 is 0.529 bits per heavy atom. The Hall–Kier alpha value is -6.70. The number of benzene rings is 11. The molecule has 0 bridgehead atoms. The van der Waals surface area contributed by atoms with E-state index in [0.717, 1.165) is 17.1 Å². The lowest BCUT2D eigenvalue weighted by atomic mass is 9.92. The van der Waals surface area contributed by atoms with Crippen molar-refractivity contribution in [3.63, 3.8) is 0 Å². The number of rotatable bonds is 5. The molecule has 0 unspecified atom stereocenters. The van der Waals surface area contributed by atoms with Gasteiger partial charge in [-0.15, -0.1) is 0 Å². The third kappa shape index (κ3) is 4.42. The summed E-state index contributed by atoms with van der Waals surface area (Å²) < 4.78 is 0. The molecule has 0 atom stereocenters. The van der Waals surface area contributed by atoms with Crippen molar-refractivity contribution in [2.75, 3.05) is 4.90 Å². The minimum atomic E-state index is 1.12. The lowest BCUT2D eigenvalue weighted by Gasteiger charge is -2.28. The first-order chi connectivity index (χ1) is 25.2. The topological polar surface area (TPSA) is 3.24 Å². The Kier molecular flexibility index (Phi) is 6.02. The molecule has 0 radical (unpaired) electrons. The summed E-state index contributed by atoms with van der Waals surface area (Å²) >= 11 is 0. The second kappa shape index (κ2) is 10.9. The number of hydrogen-bond donors (Lipinski definition) is 0. The van der Waals surface area contributed by atoms with Crippen molar-refractivity contribution in [2.24, 2.45) is 0 Å². The fraction of sp³-hybridized carbons (Fsp3) is 0. The van der Waals surface area contributed by atoms with Gasteiger partial charge in [-0.2, -0.15) is 0 Å². The van der Waals surface area contributed by atoms with Gasteiger partial charge in [-0.3, -0.25) is 0 Å². The van der Waals surface area contributed by atoms with Crippen molar-refractivity contribution in [3.05, 3.63) is 188 Å². The van der Waals surface area contributed by atoms with Crippen LogP contribution >= 0.6 is 0 Å². The standard InChI is InChI=1S/C50H31N/c1-3-9-32(10-4-1)42-25-43(33-11-5-2-6-12-33)31-46(30-42)51(44-26-38-21-17-34-13-7-14-35-18-22-39(27-44)49(38)47(34)35)45-28-40-23-19-36-15-8-16-37-20-24-41(29-45)50(40)48(36)37/h1-31H. The molecule has 0 aliphatic rings. The fourth-order valence-electron chi connectivity index (χ4n) is 8.51.